The molecule has 148 valence electrons. The van der Waals surface area contributed by atoms with E-state index in [0.29, 0.717) is 0 Å². The Balaban J connectivity index is 1.77. The number of carbonyl (C=O) groups is 1. The Labute approximate surface area is 167 Å². The molecule has 0 atom stereocenters. The lowest BCUT2D eigenvalue weighted by atomic mass is 9.97. The van der Waals surface area contributed by atoms with Crippen LogP contribution < -0.4 is 4.74 Å². The van der Waals surface area contributed by atoms with Crippen molar-refractivity contribution in [2.75, 3.05) is 13.7 Å². The monoisotopic (exact) mass is 394 g/mol. The Morgan fingerprint density at radius 2 is 1.59 bits per heavy atom. The zero-order valence-corrected chi connectivity index (χ0v) is 15.7. The molecule has 0 fully saturated rings. The molecule has 0 spiro atoms. The van der Waals surface area contributed by atoms with Crippen LogP contribution in [0.5, 0.6) is 5.75 Å². The standard InChI is InChI=1S/C22H19FN2O4/c1-24(21(26)15-29-20-13-12-18(25(27)28)14-19(20)23)22(16-8-4-2-5-9-16)17-10-6-3-7-11-17/h2-14,22H,15H2,1H3. The number of benzene rings is 3. The Kier molecular flexibility index (Phi) is 6.19. The normalized spacial score (nSPS) is 10.6. The van der Waals surface area contributed by atoms with Gasteiger partial charge < -0.3 is 9.64 Å². The van der Waals surface area contributed by atoms with E-state index in [-0.39, 0.29) is 23.4 Å². The molecule has 7 heteroatoms. The van der Waals surface area contributed by atoms with Gasteiger partial charge in [0.1, 0.15) is 0 Å². The highest BCUT2D eigenvalue weighted by Gasteiger charge is 2.24. The van der Waals surface area contributed by atoms with Gasteiger partial charge in [0.05, 0.1) is 17.0 Å². The number of halogens is 1. The van der Waals surface area contributed by atoms with Crippen LogP contribution >= 0.6 is 0 Å². The lowest BCUT2D eigenvalue weighted by molar-refractivity contribution is -0.385. The highest BCUT2D eigenvalue weighted by atomic mass is 19.1. The Hall–Kier alpha value is -3.74. The van der Waals surface area contributed by atoms with Gasteiger partial charge in [-0.2, -0.15) is 0 Å². The number of nitro benzene ring substituents is 1. The zero-order valence-electron chi connectivity index (χ0n) is 15.7. The summed E-state index contributed by atoms with van der Waals surface area (Å²) in [6, 6.07) is 21.8. The summed E-state index contributed by atoms with van der Waals surface area (Å²) < 4.78 is 19.3. The summed E-state index contributed by atoms with van der Waals surface area (Å²) in [7, 11) is 1.66. The summed E-state index contributed by atoms with van der Waals surface area (Å²) in [5.41, 5.74) is 1.47. The molecule has 1 amide bonds. The number of carbonyl (C=O) groups excluding carboxylic acids is 1. The predicted molar refractivity (Wildman–Crippen MR) is 106 cm³/mol. The highest BCUT2D eigenvalue weighted by molar-refractivity contribution is 5.78. The minimum atomic E-state index is -0.891. The van der Waals surface area contributed by atoms with Crippen molar-refractivity contribution >= 4 is 11.6 Å². The molecule has 3 rings (SSSR count). The van der Waals surface area contributed by atoms with E-state index in [1.165, 1.54) is 4.90 Å². The molecule has 3 aromatic carbocycles. The number of hydrogen-bond donors (Lipinski definition) is 0. The van der Waals surface area contributed by atoms with Gasteiger partial charge in [-0.15, -0.1) is 0 Å². The number of hydrogen-bond acceptors (Lipinski definition) is 4. The van der Waals surface area contributed by atoms with Crippen LogP contribution in [0, 0.1) is 15.9 Å². The second-order valence-electron chi connectivity index (χ2n) is 6.39. The number of nitrogens with zero attached hydrogens (tertiary/aromatic N) is 2. The van der Waals surface area contributed by atoms with E-state index in [0.717, 1.165) is 29.3 Å². The lowest BCUT2D eigenvalue weighted by Gasteiger charge is -2.29. The van der Waals surface area contributed by atoms with Crippen molar-refractivity contribution in [3.05, 3.63) is 106 Å². The third-order valence-electron chi connectivity index (χ3n) is 4.49. The van der Waals surface area contributed by atoms with Crippen LogP contribution in [0.3, 0.4) is 0 Å². The smallest absolute Gasteiger partial charge is 0.272 e. The molecule has 0 unspecified atom stereocenters. The van der Waals surface area contributed by atoms with Gasteiger partial charge in [0.15, 0.2) is 18.2 Å². The Bertz CT molecular complexity index is 957. The van der Waals surface area contributed by atoms with Crippen LogP contribution in [-0.2, 0) is 4.79 Å². The van der Waals surface area contributed by atoms with Gasteiger partial charge in [0.25, 0.3) is 11.6 Å². The maximum absolute atomic E-state index is 14.0. The van der Waals surface area contributed by atoms with E-state index in [1.54, 1.807) is 7.05 Å². The molecular formula is C22H19FN2O4. The number of nitro groups is 1. The average Bonchev–Trinajstić information content (AvgIpc) is 2.74. The van der Waals surface area contributed by atoms with Crippen molar-refractivity contribution in [3.8, 4) is 5.75 Å². The molecule has 0 radical (unpaired) electrons. The van der Waals surface area contributed by atoms with Gasteiger partial charge in [0, 0.05) is 13.1 Å². The highest BCUT2D eigenvalue weighted by Crippen LogP contribution is 2.28. The third kappa shape index (κ3) is 4.76. The van der Waals surface area contributed by atoms with Crippen molar-refractivity contribution in [2.24, 2.45) is 0 Å². The molecule has 0 bridgehead atoms. The average molecular weight is 394 g/mol. The fourth-order valence-corrected chi connectivity index (χ4v) is 3.02. The van der Waals surface area contributed by atoms with Gasteiger partial charge in [-0.3, -0.25) is 14.9 Å². The first-order valence-electron chi connectivity index (χ1n) is 8.89. The molecular weight excluding hydrogens is 375 g/mol. The first-order chi connectivity index (χ1) is 14.0. The van der Waals surface area contributed by atoms with Gasteiger partial charge >= 0.3 is 0 Å². The SMILES string of the molecule is CN(C(=O)COc1ccc([N+](=O)[O-])cc1F)C(c1ccccc1)c1ccccc1. The predicted octanol–water partition coefficient (Wildman–Crippen LogP) is 4.36. The first kappa shape index (κ1) is 20.0. The summed E-state index contributed by atoms with van der Waals surface area (Å²) in [4.78, 5) is 24.3. The molecule has 0 aliphatic carbocycles. The molecule has 0 saturated heterocycles. The van der Waals surface area contributed by atoms with E-state index in [9.17, 15) is 19.3 Å². The maximum atomic E-state index is 14.0. The van der Waals surface area contributed by atoms with Crippen molar-refractivity contribution in [1.82, 2.24) is 4.90 Å². The summed E-state index contributed by atoms with van der Waals surface area (Å²) in [6.45, 7) is -0.401. The van der Waals surface area contributed by atoms with Gasteiger partial charge in [-0.25, -0.2) is 4.39 Å². The number of rotatable bonds is 7. The molecule has 0 aliphatic heterocycles. The van der Waals surface area contributed by atoms with Crippen LogP contribution in [-0.4, -0.2) is 29.4 Å². The fraction of sp³-hybridized carbons (Fsp3) is 0.136. The van der Waals surface area contributed by atoms with E-state index < -0.39 is 17.3 Å². The Morgan fingerprint density at radius 3 is 2.07 bits per heavy atom. The quantitative estimate of drug-likeness (QED) is 0.441. The lowest BCUT2D eigenvalue weighted by Crippen LogP contribution is -2.35. The molecule has 0 aromatic heterocycles. The minimum absolute atomic E-state index is 0.215. The number of non-ortho nitro benzene ring substituents is 1. The molecule has 0 N–H and O–H groups in total. The second kappa shape index (κ2) is 8.97. The first-order valence-corrected chi connectivity index (χ1v) is 8.89. The Morgan fingerprint density at radius 1 is 1.03 bits per heavy atom. The minimum Gasteiger partial charge on any atom is -0.481 e. The van der Waals surface area contributed by atoms with Crippen LogP contribution in [0.15, 0.2) is 78.9 Å². The van der Waals surface area contributed by atoms with Gasteiger partial charge in [-0.05, 0) is 17.2 Å². The van der Waals surface area contributed by atoms with E-state index in [2.05, 4.69) is 0 Å². The number of likely N-dealkylation sites (N-methyl/N-ethyl adjacent to an activating group) is 1. The zero-order chi connectivity index (χ0) is 20.8. The maximum Gasteiger partial charge on any atom is 0.272 e. The molecule has 0 saturated carbocycles. The van der Waals surface area contributed by atoms with Crippen LogP contribution in [0.1, 0.15) is 17.2 Å². The number of amides is 1. The van der Waals surface area contributed by atoms with Gasteiger partial charge in [0.2, 0.25) is 0 Å². The van der Waals surface area contributed by atoms with Crippen molar-refractivity contribution in [2.45, 2.75) is 6.04 Å². The second-order valence-corrected chi connectivity index (χ2v) is 6.39. The molecule has 0 heterocycles. The molecule has 6 nitrogen and oxygen atoms in total. The van der Waals surface area contributed by atoms with Gasteiger partial charge in [-0.1, -0.05) is 60.7 Å². The molecule has 0 aliphatic rings. The van der Waals surface area contributed by atoms with Crippen LogP contribution in [0.4, 0.5) is 10.1 Å². The van der Waals surface area contributed by atoms with Crippen molar-refractivity contribution < 1.29 is 18.8 Å². The summed E-state index contributed by atoms with van der Waals surface area (Å²) >= 11 is 0. The van der Waals surface area contributed by atoms with E-state index in [4.69, 9.17) is 4.74 Å². The van der Waals surface area contributed by atoms with Crippen molar-refractivity contribution in [3.63, 3.8) is 0 Å². The molecule has 3 aromatic rings. The van der Waals surface area contributed by atoms with Crippen LogP contribution in [0.25, 0.3) is 0 Å². The van der Waals surface area contributed by atoms with Crippen LogP contribution in [0.2, 0.25) is 0 Å². The van der Waals surface area contributed by atoms with E-state index in [1.807, 2.05) is 60.7 Å². The van der Waals surface area contributed by atoms with Crippen molar-refractivity contribution in [1.29, 1.82) is 0 Å². The summed E-state index contributed by atoms with van der Waals surface area (Å²) in [5.74, 6) is -1.47. The van der Waals surface area contributed by atoms with E-state index >= 15 is 0 Å². The largest absolute Gasteiger partial charge is 0.481 e. The fourth-order valence-electron chi connectivity index (χ4n) is 3.02. The summed E-state index contributed by atoms with van der Waals surface area (Å²) in [6.07, 6.45) is 0. The summed E-state index contributed by atoms with van der Waals surface area (Å²) in [5, 5.41) is 10.7. The third-order valence-corrected chi connectivity index (χ3v) is 4.49. The molecule has 29 heavy (non-hydrogen) atoms. The number of ether oxygens (including phenoxy) is 1. The topological polar surface area (TPSA) is 72.7 Å².